The molecule has 4 heteroatoms. The van der Waals surface area contributed by atoms with Crippen LogP contribution >= 0.6 is 0 Å². The molecule has 0 radical (unpaired) electrons. The van der Waals surface area contributed by atoms with Crippen LogP contribution in [0.1, 0.15) is 41.1 Å². The summed E-state index contributed by atoms with van der Waals surface area (Å²) in [5, 5.41) is 6.49. The second kappa shape index (κ2) is 9.00. The van der Waals surface area contributed by atoms with Gasteiger partial charge in [0.05, 0.1) is 5.52 Å². The maximum absolute atomic E-state index is 6.36. The van der Waals surface area contributed by atoms with Crippen molar-refractivity contribution in [1.29, 1.82) is 0 Å². The molecule has 1 aliphatic carbocycles. The van der Waals surface area contributed by atoms with Gasteiger partial charge in [-0.25, -0.2) is 4.68 Å². The highest BCUT2D eigenvalue weighted by molar-refractivity contribution is 5.96. The summed E-state index contributed by atoms with van der Waals surface area (Å²) >= 11 is 0. The van der Waals surface area contributed by atoms with Crippen molar-refractivity contribution in [1.82, 2.24) is 14.8 Å². The average molecular weight is 493 g/mol. The third kappa shape index (κ3) is 3.60. The van der Waals surface area contributed by atoms with E-state index in [1.54, 1.807) is 0 Å². The number of nitrogens with two attached hydrogens (primary N) is 1. The zero-order valence-corrected chi connectivity index (χ0v) is 21.0. The fourth-order valence-corrected chi connectivity index (χ4v) is 5.71. The van der Waals surface area contributed by atoms with Crippen LogP contribution in [0.3, 0.4) is 0 Å². The first-order valence-electron chi connectivity index (χ1n) is 13.2. The molecule has 7 rings (SSSR count). The molecule has 2 heterocycles. The van der Waals surface area contributed by atoms with E-state index in [0.717, 1.165) is 50.2 Å². The Balaban J connectivity index is 1.61. The highest BCUT2D eigenvalue weighted by Crippen LogP contribution is 2.45. The molecule has 1 fully saturated rings. The maximum atomic E-state index is 6.36. The largest absolute Gasteiger partial charge is 0.399 e. The van der Waals surface area contributed by atoms with E-state index in [4.69, 9.17) is 10.8 Å². The Morgan fingerprint density at radius 3 is 1.82 bits per heavy atom. The third-order valence-electron chi connectivity index (χ3n) is 7.65. The predicted octanol–water partition coefficient (Wildman–Crippen LogP) is 7.40. The first-order valence-corrected chi connectivity index (χ1v) is 13.2. The van der Waals surface area contributed by atoms with Gasteiger partial charge in [0.15, 0.2) is 0 Å². The fourth-order valence-electron chi connectivity index (χ4n) is 5.71. The Kier molecular flexibility index (Phi) is 5.33. The van der Waals surface area contributed by atoms with Crippen molar-refractivity contribution in [2.24, 2.45) is 0 Å². The molecule has 38 heavy (non-hydrogen) atoms. The summed E-state index contributed by atoms with van der Waals surface area (Å²) < 4.78 is 2.20. The van der Waals surface area contributed by atoms with Crippen LogP contribution in [0.25, 0.3) is 22.2 Å². The molecule has 1 aliphatic rings. The normalized spacial score (nSPS) is 13.6. The zero-order valence-electron chi connectivity index (χ0n) is 21.0. The summed E-state index contributed by atoms with van der Waals surface area (Å²) in [7, 11) is 0. The summed E-state index contributed by atoms with van der Waals surface area (Å²) in [5.41, 5.74) is 14.0. The van der Waals surface area contributed by atoms with Crippen LogP contribution in [0.15, 0.2) is 128 Å². The van der Waals surface area contributed by atoms with E-state index in [1.165, 1.54) is 12.8 Å². The molecular weight excluding hydrogens is 464 g/mol. The third-order valence-corrected chi connectivity index (χ3v) is 7.65. The number of fused-ring (bicyclic) bond motifs is 1. The van der Waals surface area contributed by atoms with Crippen molar-refractivity contribution >= 4 is 16.6 Å². The highest BCUT2D eigenvalue weighted by atomic mass is 15.3. The van der Waals surface area contributed by atoms with Gasteiger partial charge in [0.1, 0.15) is 11.2 Å². The van der Waals surface area contributed by atoms with E-state index in [9.17, 15) is 0 Å². The first-order chi connectivity index (χ1) is 18.7. The van der Waals surface area contributed by atoms with Crippen molar-refractivity contribution < 1.29 is 0 Å². The van der Waals surface area contributed by atoms with Gasteiger partial charge in [0.25, 0.3) is 0 Å². The van der Waals surface area contributed by atoms with Gasteiger partial charge in [0, 0.05) is 34.4 Å². The van der Waals surface area contributed by atoms with Crippen LogP contribution in [-0.2, 0) is 5.54 Å². The van der Waals surface area contributed by atoms with Crippen molar-refractivity contribution in [3.63, 3.8) is 0 Å². The molecule has 0 aliphatic heterocycles. The number of nitrogens with zero attached hydrogens (tertiary/aromatic N) is 3. The smallest absolute Gasteiger partial charge is 0.138 e. The van der Waals surface area contributed by atoms with Gasteiger partial charge in [-0.05, 0) is 59.9 Å². The molecule has 184 valence electrons. The van der Waals surface area contributed by atoms with Crippen LogP contribution < -0.4 is 5.73 Å². The molecule has 2 aromatic heterocycles. The highest BCUT2D eigenvalue weighted by Gasteiger charge is 2.41. The second-order valence-corrected chi connectivity index (χ2v) is 10.1. The van der Waals surface area contributed by atoms with Gasteiger partial charge in [-0.15, -0.1) is 0 Å². The summed E-state index contributed by atoms with van der Waals surface area (Å²) in [4.78, 5) is 4.66. The molecule has 0 unspecified atom stereocenters. The van der Waals surface area contributed by atoms with Crippen molar-refractivity contribution in [3.05, 3.63) is 150 Å². The first kappa shape index (κ1) is 22.5. The molecule has 0 atom stereocenters. The molecule has 0 spiro atoms. The molecule has 4 aromatic carbocycles. The number of hydrogen-bond donors (Lipinski definition) is 1. The summed E-state index contributed by atoms with van der Waals surface area (Å²) in [6, 6.07) is 42.4. The topological polar surface area (TPSA) is 56.7 Å². The quantitative estimate of drug-likeness (QED) is 0.195. The number of anilines is 1. The van der Waals surface area contributed by atoms with Crippen LogP contribution in [0.4, 0.5) is 5.69 Å². The Hall–Kier alpha value is -4.70. The number of hydrogen-bond acceptors (Lipinski definition) is 3. The Bertz CT molecular complexity index is 1620. The van der Waals surface area contributed by atoms with Crippen LogP contribution in [0.2, 0.25) is 0 Å². The van der Waals surface area contributed by atoms with Crippen molar-refractivity contribution in [3.8, 4) is 11.3 Å². The minimum atomic E-state index is -0.706. The van der Waals surface area contributed by atoms with E-state index in [0.29, 0.717) is 5.92 Å². The molecular formula is C34H28N4. The number of rotatable bonds is 6. The minimum Gasteiger partial charge on any atom is -0.399 e. The van der Waals surface area contributed by atoms with Crippen molar-refractivity contribution in [2.45, 2.75) is 24.3 Å². The Labute approximate surface area is 222 Å². The Morgan fingerprint density at radius 2 is 1.26 bits per heavy atom. The SMILES string of the molecule is Nc1ccc2c(c1)c(-c1ccnc(C3CC3)c1)nn2C(c1ccccc1)(c1ccccc1)c1ccccc1. The summed E-state index contributed by atoms with van der Waals surface area (Å²) in [6.07, 6.45) is 4.33. The number of pyridine rings is 1. The molecule has 0 amide bonds. The standard InChI is InChI=1S/C34H28N4/c35-29-18-19-32-30(23-29)33(25-20-21-36-31(22-25)24-16-17-24)37-38(32)34(26-10-4-1-5-11-26,27-12-6-2-7-13-27)28-14-8-3-9-15-28/h1-15,18-24H,16-17,35H2. The van der Waals surface area contributed by atoms with Gasteiger partial charge in [-0.1, -0.05) is 91.0 Å². The lowest BCUT2D eigenvalue weighted by Crippen LogP contribution is -2.38. The second-order valence-electron chi connectivity index (χ2n) is 10.1. The van der Waals surface area contributed by atoms with Crippen LogP contribution in [0, 0.1) is 0 Å². The van der Waals surface area contributed by atoms with Gasteiger partial charge < -0.3 is 5.73 Å². The van der Waals surface area contributed by atoms with E-state index in [-0.39, 0.29) is 0 Å². The lowest BCUT2D eigenvalue weighted by atomic mass is 9.77. The van der Waals surface area contributed by atoms with E-state index in [1.807, 2.05) is 12.3 Å². The van der Waals surface area contributed by atoms with Crippen LogP contribution in [-0.4, -0.2) is 14.8 Å². The maximum Gasteiger partial charge on any atom is 0.138 e. The molecule has 6 aromatic rings. The fraction of sp³-hybridized carbons (Fsp3) is 0.118. The molecule has 4 nitrogen and oxygen atoms in total. The summed E-state index contributed by atoms with van der Waals surface area (Å²) in [5.74, 6) is 0.561. The summed E-state index contributed by atoms with van der Waals surface area (Å²) in [6.45, 7) is 0. The molecule has 0 bridgehead atoms. The average Bonchev–Trinajstić information content (AvgIpc) is 3.77. The van der Waals surface area contributed by atoms with E-state index in [2.05, 4.69) is 125 Å². The van der Waals surface area contributed by atoms with Crippen molar-refractivity contribution in [2.75, 3.05) is 5.73 Å². The number of nitrogen functional groups attached to an aromatic ring is 1. The predicted molar refractivity (Wildman–Crippen MR) is 154 cm³/mol. The number of benzene rings is 4. The van der Waals surface area contributed by atoms with Gasteiger partial charge in [0.2, 0.25) is 0 Å². The lowest BCUT2D eigenvalue weighted by Gasteiger charge is -2.37. The molecule has 2 N–H and O–H groups in total. The number of aromatic nitrogens is 3. The zero-order chi connectivity index (χ0) is 25.5. The van der Waals surface area contributed by atoms with Gasteiger partial charge in [-0.3, -0.25) is 4.98 Å². The Morgan fingerprint density at radius 1 is 0.684 bits per heavy atom. The molecule has 1 saturated carbocycles. The van der Waals surface area contributed by atoms with E-state index < -0.39 is 5.54 Å². The van der Waals surface area contributed by atoms with Gasteiger partial charge in [-0.2, -0.15) is 5.10 Å². The lowest BCUT2D eigenvalue weighted by molar-refractivity contribution is 0.477. The minimum absolute atomic E-state index is 0.561. The van der Waals surface area contributed by atoms with Crippen LogP contribution in [0.5, 0.6) is 0 Å². The van der Waals surface area contributed by atoms with E-state index >= 15 is 0 Å². The monoisotopic (exact) mass is 492 g/mol. The molecule has 0 saturated heterocycles. The van der Waals surface area contributed by atoms with Gasteiger partial charge >= 0.3 is 0 Å².